The summed E-state index contributed by atoms with van der Waals surface area (Å²) < 4.78 is 5.61. The molecular weight excluding hydrogens is 200 g/mol. The first-order valence-corrected chi connectivity index (χ1v) is 6.46. The zero-order valence-corrected chi connectivity index (χ0v) is 11.4. The van der Waals surface area contributed by atoms with Crippen LogP contribution in [0.4, 0.5) is 0 Å². The van der Waals surface area contributed by atoms with Gasteiger partial charge in [-0.05, 0) is 31.6 Å². The molecule has 94 valence electrons. The van der Waals surface area contributed by atoms with Crippen molar-refractivity contribution in [2.24, 2.45) is 11.3 Å². The number of ether oxygens (including phenoxy) is 1. The van der Waals surface area contributed by atoms with Crippen molar-refractivity contribution in [1.82, 2.24) is 0 Å². The van der Waals surface area contributed by atoms with Gasteiger partial charge in [0.05, 0.1) is 0 Å². The Balaban J connectivity index is 2.77. The number of carbonyl (C=O) groups excluding carboxylic acids is 1. The van der Waals surface area contributed by atoms with Crippen LogP contribution in [0.15, 0.2) is 0 Å². The van der Waals surface area contributed by atoms with Crippen LogP contribution in [-0.4, -0.2) is 18.5 Å². The molecule has 0 radical (unpaired) electrons. The third-order valence-corrected chi connectivity index (χ3v) is 3.98. The number of hydrogen-bond donors (Lipinski definition) is 0. The Morgan fingerprint density at radius 2 is 1.81 bits per heavy atom. The minimum Gasteiger partial charge on any atom is -0.370 e. The van der Waals surface area contributed by atoms with Crippen molar-refractivity contribution in [2.75, 3.05) is 7.11 Å². The van der Waals surface area contributed by atoms with Crippen molar-refractivity contribution in [3.05, 3.63) is 0 Å². The van der Waals surface area contributed by atoms with Crippen molar-refractivity contribution >= 4 is 5.78 Å². The summed E-state index contributed by atoms with van der Waals surface area (Å²) in [4.78, 5) is 12.4. The Morgan fingerprint density at radius 3 is 2.12 bits per heavy atom. The van der Waals surface area contributed by atoms with Crippen LogP contribution < -0.4 is 0 Å². The topological polar surface area (TPSA) is 26.3 Å². The summed E-state index contributed by atoms with van der Waals surface area (Å²) in [5.41, 5.74) is -0.793. The number of carbonyl (C=O) groups is 1. The molecule has 0 atom stereocenters. The molecular formula is C14H26O2. The molecule has 16 heavy (non-hydrogen) atoms. The number of Topliss-reactive ketones (excluding diaryl/α,β-unsaturated/α-hetero) is 1. The number of ketones is 1. The van der Waals surface area contributed by atoms with Gasteiger partial charge in [-0.2, -0.15) is 0 Å². The smallest absolute Gasteiger partial charge is 0.169 e. The van der Waals surface area contributed by atoms with Crippen LogP contribution >= 0.6 is 0 Å². The van der Waals surface area contributed by atoms with Gasteiger partial charge in [0.25, 0.3) is 0 Å². The van der Waals surface area contributed by atoms with E-state index in [-0.39, 0.29) is 11.2 Å². The predicted molar refractivity (Wildman–Crippen MR) is 66.5 cm³/mol. The fourth-order valence-corrected chi connectivity index (χ4v) is 2.76. The van der Waals surface area contributed by atoms with Gasteiger partial charge in [0.2, 0.25) is 0 Å². The lowest BCUT2D eigenvalue weighted by Gasteiger charge is -2.41. The Labute approximate surface area is 99.8 Å². The average molecular weight is 226 g/mol. The number of methoxy groups -OCH3 is 1. The van der Waals surface area contributed by atoms with E-state index in [9.17, 15) is 4.79 Å². The molecule has 0 spiro atoms. The van der Waals surface area contributed by atoms with E-state index in [0.29, 0.717) is 0 Å². The van der Waals surface area contributed by atoms with E-state index in [1.54, 1.807) is 7.11 Å². The first kappa shape index (κ1) is 13.7. The maximum absolute atomic E-state index is 12.4. The highest BCUT2D eigenvalue weighted by molar-refractivity contribution is 5.91. The molecule has 0 saturated heterocycles. The molecule has 0 aliphatic heterocycles. The molecule has 1 saturated carbocycles. The molecule has 2 nitrogen and oxygen atoms in total. The standard InChI is InChI=1S/C14H26O2/c1-6-11-7-9-14(16-5,10-8-11)12(15)13(2,3)4/h11H,6-10H2,1-5H3. The molecule has 0 aromatic rings. The second-order valence-electron chi connectivity index (χ2n) is 6.13. The predicted octanol–water partition coefficient (Wildman–Crippen LogP) is 3.59. The minimum absolute atomic E-state index is 0.275. The fourth-order valence-electron chi connectivity index (χ4n) is 2.76. The van der Waals surface area contributed by atoms with Crippen LogP contribution in [0.2, 0.25) is 0 Å². The summed E-state index contributed by atoms with van der Waals surface area (Å²) in [6.45, 7) is 8.20. The van der Waals surface area contributed by atoms with Crippen LogP contribution in [-0.2, 0) is 9.53 Å². The first-order valence-electron chi connectivity index (χ1n) is 6.46. The van der Waals surface area contributed by atoms with E-state index >= 15 is 0 Å². The zero-order chi connectivity index (χ0) is 12.4. The summed E-state index contributed by atoms with van der Waals surface area (Å²) in [6.07, 6.45) is 5.29. The highest BCUT2D eigenvalue weighted by Crippen LogP contribution is 2.40. The fraction of sp³-hybridized carbons (Fsp3) is 0.929. The van der Waals surface area contributed by atoms with Crippen molar-refractivity contribution in [1.29, 1.82) is 0 Å². The van der Waals surface area contributed by atoms with Gasteiger partial charge in [-0.1, -0.05) is 34.1 Å². The normalized spacial score (nSPS) is 31.4. The van der Waals surface area contributed by atoms with Crippen molar-refractivity contribution in [2.45, 2.75) is 65.4 Å². The third kappa shape index (κ3) is 2.65. The second kappa shape index (κ2) is 4.87. The molecule has 1 aliphatic rings. The van der Waals surface area contributed by atoms with Crippen LogP contribution in [0.25, 0.3) is 0 Å². The summed E-state index contributed by atoms with van der Waals surface area (Å²) in [6, 6.07) is 0. The molecule has 0 unspecified atom stereocenters. The molecule has 1 fully saturated rings. The maximum atomic E-state index is 12.4. The lowest BCUT2D eigenvalue weighted by molar-refractivity contribution is -0.154. The zero-order valence-electron chi connectivity index (χ0n) is 11.4. The molecule has 1 rings (SSSR count). The molecule has 0 heterocycles. The van der Waals surface area contributed by atoms with E-state index in [1.165, 1.54) is 6.42 Å². The maximum Gasteiger partial charge on any atom is 0.169 e. The Bertz CT molecular complexity index is 242. The van der Waals surface area contributed by atoms with E-state index < -0.39 is 5.60 Å². The van der Waals surface area contributed by atoms with E-state index in [4.69, 9.17) is 4.74 Å². The minimum atomic E-state index is -0.496. The summed E-state index contributed by atoms with van der Waals surface area (Å²) in [7, 11) is 1.69. The SMILES string of the molecule is CCC1CCC(OC)(C(=O)C(C)(C)C)CC1. The van der Waals surface area contributed by atoms with Gasteiger partial charge in [0.15, 0.2) is 5.78 Å². The molecule has 0 aromatic heterocycles. The van der Waals surface area contributed by atoms with E-state index in [0.717, 1.165) is 31.6 Å². The molecule has 0 N–H and O–H groups in total. The average Bonchev–Trinajstić information content (AvgIpc) is 2.27. The summed E-state index contributed by atoms with van der Waals surface area (Å²) >= 11 is 0. The molecule has 2 heteroatoms. The van der Waals surface area contributed by atoms with Crippen molar-refractivity contribution in [3.8, 4) is 0 Å². The summed E-state index contributed by atoms with van der Waals surface area (Å²) in [5, 5.41) is 0. The summed E-state index contributed by atoms with van der Waals surface area (Å²) in [5.74, 6) is 1.06. The van der Waals surface area contributed by atoms with Crippen LogP contribution in [0, 0.1) is 11.3 Å². The van der Waals surface area contributed by atoms with E-state index in [1.807, 2.05) is 20.8 Å². The Kier molecular flexibility index (Phi) is 4.17. The van der Waals surface area contributed by atoms with Gasteiger partial charge in [-0.3, -0.25) is 4.79 Å². The van der Waals surface area contributed by atoms with Gasteiger partial charge < -0.3 is 4.74 Å². The van der Waals surface area contributed by atoms with Gasteiger partial charge in [0.1, 0.15) is 5.60 Å². The van der Waals surface area contributed by atoms with Gasteiger partial charge in [-0.15, -0.1) is 0 Å². The van der Waals surface area contributed by atoms with E-state index in [2.05, 4.69) is 6.92 Å². The van der Waals surface area contributed by atoms with Crippen LogP contribution in [0.1, 0.15) is 59.8 Å². The molecule has 0 bridgehead atoms. The van der Waals surface area contributed by atoms with Crippen molar-refractivity contribution in [3.63, 3.8) is 0 Å². The van der Waals surface area contributed by atoms with Gasteiger partial charge in [-0.25, -0.2) is 0 Å². The van der Waals surface area contributed by atoms with Crippen LogP contribution in [0.3, 0.4) is 0 Å². The second-order valence-corrected chi connectivity index (χ2v) is 6.13. The largest absolute Gasteiger partial charge is 0.370 e. The highest BCUT2D eigenvalue weighted by atomic mass is 16.5. The van der Waals surface area contributed by atoms with Gasteiger partial charge in [0, 0.05) is 12.5 Å². The van der Waals surface area contributed by atoms with Gasteiger partial charge >= 0.3 is 0 Å². The third-order valence-electron chi connectivity index (χ3n) is 3.98. The Morgan fingerprint density at radius 1 is 1.31 bits per heavy atom. The molecule has 0 aromatic carbocycles. The molecule has 1 aliphatic carbocycles. The van der Waals surface area contributed by atoms with Crippen LogP contribution in [0.5, 0.6) is 0 Å². The molecule has 0 amide bonds. The quantitative estimate of drug-likeness (QED) is 0.735. The lowest BCUT2D eigenvalue weighted by atomic mass is 9.70. The Hall–Kier alpha value is -0.370. The monoisotopic (exact) mass is 226 g/mol. The first-order chi connectivity index (χ1) is 7.35. The lowest BCUT2D eigenvalue weighted by Crippen LogP contribution is -2.49. The van der Waals surface area contributed by atoms with Crippen molar-refractivity contribution < 1.29 is 9.53 Å². The number of rotatable bonds is 3. The highest BCUT2D eigenvalue weighted by Gasteiger charge is 2.45. The number of hydrogen-bond acceptors (Lipinski definition) is 2.